The Kier molecular flexibility index (Phi) is 5.97. The molecule has 1 N–H and O–H groups in total. The van der Waals surface area contributed by atoms with Crippen molar-refractivity contribution in [1.29, 1.82) is 0 Å². The maximum absolute atomic E-state index is 11.6. The van der Waals surface area contributed by atoms with Crippen LogP contribution >= 0.6 is 0 Å². The molecule has 3 aromatic rings. The Hall–Kier alpha value is -3.03. The number of aromatic carboxylic acids is 1. The minimum Gasteiger partial charge on any atom is -0.478 e. The molecule has 150 valence electrons. The van der Waals surface area contributed by atoms with E-state index in [4.69, 9.17) is 9.84 Å². The van der Waals surface area contributed by atoms with E-state index >= 15 is 0 Å². The van der Waals surface area contributed by atoms with Crippen molar-refractivity contribution in [3.8, 4) is 11.1 Å². The molecular weight excluding hydrogens is 368 g/mol. The largest absolute Gasteiger partial charge is 0.478 e. The van der Waals surface area contributed by atoms with E-state index in [2.05, 4.69) is 16.1 Å². The Morgan fingerprint density at radius 1 is 1.10 bits per heavy atom. The summed E-state index contributed by atoms with van der Waals surface area (Å²) in [6, 6.07) is 11.6. The minimum atomic E-state index is -0.949. The Labute approximate surface area is 169 Å². The number of nitrogens with zero attached hydrogens (tertiary/aromatic N) is 4. The highest BCUT2D eigenvalue weighted by molar-refractivity contribution is 5.89. The lowest BCUT2D eigenvalue weighted by atomic mass is 10.00. The Bertz CT molecular complexity index is 965. The molecule has 0 bridgehead atoms. The van der Waals surface area contributed by atoms with E-state index < -0.39 is 5.97 Å². The summed E-state index contributed by atoms with van der Waals surface area (Å²) in [4.78, 5) is 18.1. The van der Waals surface area contributed by atoms with Crippen molar-refractivity contribution in [2.24, 2.45) is 0 Å². The van der Waals surface area contributed by atoms with Crippen LogP contribution in [0.4, 0.5) is 0 Å². The summed E-state index contributed by atoms with van der Waals surface area (Å²) in [5.74, 6) is -0.949. The summed E-state index contributed by atoms with van der Waals surface area (Å²) in [5.41, 5.74) is 3.87. The number of rotatable bonds is 7. The molecule has 1 aromatic carbocycles. The van der Waals surface area contributed by atoms with E-state index in [-0.39, 0.29) is 5.56 Å². The summed E-state index contributed by atoms with van der Waals surface area (Å²) >= 11 is 0. The van der Waals surface area contributed by atoms with Gasteiger partial charge in [-0.3, -0.25) is 14.6 Å². The van der Waals surface area contributed by atoms with E-state index in [0.717, 1.165) is 56.2 Å². The van der Waals surface area contributed by atoms with Gasteiger partial charge < -0.3 is 9.84 Å². The summed E-state index contributed by atoms with van der Waals surface area (Å²) in [6.07, 6.45) is 5.60. The molecule has 1 aliphatic rings. The van der Waals surface area contributed by atoms with Gasteiger partial charge in [0.2, 0.25) is 0 Å². The van der Waals surface area contributed by atoms with Gasteiger partial charge in [-0.25, -0.2) is 4.79 Å². The molecule has 7 heteroatoms. The lowest BCUT2D eigenvalue weighted by Crippen LogP contribution is -2.38. The fourth-order valence-electron chi connectivity index (χ4n) is 3.59. The Morgan fingerprint density at radius 2 is 1.90 bits per heavy atom. The van der Waals surface area contributed by atoms with Gasteiger partial charge in [0.25, 0.3) is 0 Å². The molecule has 7 nitrogen and oxygen atoms in total. The van der Waals surface area contributed by atoms with Crippen LogP contribution in [0.2, 0.25) is 0 Å². The number of benzene rings is 1. The van der Waals surface area contributed by atoms with Crippen molar-refractivity contribution in [2.75, 3.05) is 32.8 Å². The maximum atomic E-state index is 11.6. The quantitative estimate of drug-likeness (QED) is 0.666. The topological polar surface area (TPSA) is 80.5 Å². The SMILES string of the molecule is O=C(O)c1ccncc1Cc1nn(CCN2CCOCC2)cc1-c1ccccc1. The maximum Gasteiger partial charge on any atom is 0.336 e. The number of carboxylic acids is 1. The number of ether oxygens (including phenoxy) is 1. The highest BCUT2D eigenvalue weighted by Crippen LogP contribution is 2.25. The van der Waals surface area contributed by atoms with Gasteiger partial charge in [-0.15, -0.1) is 0 Å². The van der Waals surface area contributed by atoms with E-state index in [1.807, 2.05) is 35.0 Å². The molecule has 29 heavy (non-hydrogen) atoms. The zero-order valence-electron chi connectivity index (χ0n) is 16.2. The first kappa shape index (κ1) is 19.3. The number of carbonyl (C=O) groups is 1. The molecule has 3 heterocycles. The molecule has 0 atom stereocenters. The predicted molar refractivity (Wildman–Crippen MR) is 109 cm³/mol. The van der Waals surface area contributed by atoms with E-state index in [9.17, 15) is 9.90 Å². The third-order valence-corrected chi connectivity index (χ3v) is 5.16. The summed E-state index contributed by atoms with van der Waals surface area (Å²) in [5, 5.41) is 14.3. The van der Waals surface area contributed by atoms with E-state index in [1.54, 1.807) is 6.20 Å². The lowest BCUT2D eigenvalue weighted by Gasteiger charge is -2.26. The van der Waals surface area contributed by atoms with Crippen LogP contribution in [0.25, 0.3) is 11.1 Å². The highest BCUT2D eigenvalue weighted by Gasteiger charge is 2.17. The third-order valence-electron chi connectivity index (χ3n) is 5.16. The van der Waals surface area contributed by atoms with Gasteiger partial charge in [-0.05, 0) is 17.2 Å². The van der Waals surface area contributed by atoms with Crippen LogP contribution in [0.15, 0.2) is 55.0 Å². The average Bonchev–Trinajstić information content (AvgIpc) is 3.16. The van der Waals surface area contributed by atoms with Gasteiger partial charge in [0.15, 0.2) is 0 Å². The first-order valence-corrected chi connectivity index (χ1v) is 9.79. The number of hydrogen-bond donors (Lipinski definition) is 1. The second kappa shape index (κ2) is 8.98. The fourth-order valence-corrected chi connectivity index (χ4v) is 3.59. The monoisotopic (exact) mass is 392 g/mol. The van der Waals surface area contributed by atoms with Crippen LogP contribution in [0.1, 0.15) is 21.6 Å². The minimum absolute atomic E-state index is 0.266. The molecule has 1 saturated heterocycles. The number of morpholine rings is 1. The van der Waals surface area contributed by atoms with Gasteiger partial charge in [0.1, 0.15) is 0 Å². The van der Waals surface area contributed by atoms with Crippen molar-refractivity contribution >= 4 is 5.97 Å². The Morgan fingerprint density at radius 3 is 2.66 bits per heavy atom. The number of carboxylic acid groups (broad SMARTS) is 1. The van der Waals surface area contributed by atoms with Crippen molar-refractivity contribution < 1.29 is 14.6 Å². The van der Waals surface area contributed by atoms with Crippen molar-refractivity contribution in [2.45, 2.75) is 13.0 Å². The van der Waals surface area contributed by atoms with Gasteiger partial charge in [0, 0.05) is 50.2 Å². The first-order valence-electron chi connectivity index (χ1n) is 9.79. The van der Waals surface area contributed by atoms with Crippen molar-refractivity contribution in [3.05, 3.63) is 71.8 Å². The average molecular weight is 392 g/mol. The fraction of sp³-hybridized carbons (Fsp3) is 0.318. The second-order valence-corrected chi connectivity index (χ2v) is 7.09. The van der Waals surface area contributed by atoms with Crippen molar-refractivity contribution in [1.82, 2.24) is 19.7 Å². The molecule has 0 spiro atoms. The third kappa shape index (κ3) is 4.70. The predicted octanol–water partition coefficient (Wildman–Crippen LogP) is 2.57. The summed E-state index contributed by atoms with van der Waals surface area (Å²) in [6.45, 7) is 5.12. The van der Waals surface area contributed by atoms with Crippen LogP contribution in [0.3, 0.4) is 0 Å². The number of pyridine rings is 1. The molecule has 0 aliphatic carbocycles. The smallest absolute Gasteiger partial charge is 0.336 e. The number of hydrogen-bond acceptors (Lipinski definition) is 5. The zero-order valence-corrected chi connectivity index (χ0v) is 16.2. The van der Waals surface area contributed by atoms with E-state index in [1.165, 1.54) is 12.3 Å². The molecule has 0 radical (unpaired) electrons. The molecule has 0 unspecified atom stereocenters. The van der Waals surface area contributed by atoms with Gasteiger partial charge in [0.05, 0.1) is 31.0 Å². The standard InChI is InChI=1S/C22H24N4O3/c27-22(28)19-6-7-23-15-18(19)14-21-20(17-4-2-1-3-5-17)16-26(24-21)9-8-25-10-12-29-13-11-25/h1-7,15-16H,8-14H2,(H,27,28). The van der Waals surface area contributed by atoms with Crippen LogP contribution in [-0.4, -0.2) is 63.6 Å². The second-order valence-electron chi connectivity index (χ2n) is 7.09. The molecule has 0 saturated carbocycles. The summed E-state index contributed by atoms with van der Waals surface area (Å²) in [7, 11) is 0. The highest BCUT2D eigenvalue weighted by atomic mass is 16.5. The normalized spacial score (nSPS) is 14.8. The molecule has 4 rings (SSSR count). The first-order chi connectivity index (χ1) is 14.2. The molecule has 1 fully saturated rings. The molecular formula is C22H24N4O3. The lowest BCUT2D eigenvalue weighted by molar-refractivity contribution is 0.0359. The van der Waals surface area contributed by atoms with E-state index in [0.29, 0.717) is 12.0 Å². The molecule has 0 amide bonds. The van der Waals surface area contributed by atoms with Gasteiger partial charge in [-0.1, -0.05) is 30.3 Å². The molecule has 1 aliphatic heterocycles. The number of aromatic nitrogens is 3. The molecule has 2 aromatic heterocycles. The van der Waals surface area contributed by atoms with Crippen molar-refractivity contribution in [3.63, 3.8) is 0 Å². The summed E-state index contributed by atoms with van der Waals surface area (Å²) < 4.78 is 7.37. The van der Waals surface area contributed by atoms with Gasteiger partial charge >= 0.3 is 5.97 Å². The zero-order chi connectivity index (χ0) is 20.1. The van der Waals surface area contributed by atoms with Crippen LogP contribution in [0, 0.1) is 0 Å². The van der Waals surface area contributed by atoms with Crippen LogP contribution < -0.4 is 0 Å². The van der Waals surface area contributed by atoms with Crippen LogP contribution in [-0.2, 0) is 17.7 Å². The Balaban J connectivity index is 1.61. The van der Waals surface area contributed by atoms with Crippen LogP contribution in [0.5, 0.6) is 0 Å². The van der Waals surface area contributed by atoms with Gasteiger partial charge in [-0.2, -0.15) is 5.10 Å².